The zero-order chi connectivity index (χ0) is 18.3. The van der Waals surface area contributed by atoms with Crippen LogP contribution in [0, 0.1) is 6.92 Å². The molecule has 2 aromatic rings. The molecule has 0 aliphatic carbocycles. The summed E-state index contributed by atoms with van der Waals surface area (Å²) in [7, 11) is 0. The molecule has 0 unspecified atom stereocenters. The first-order valence-corrected chi connectivity index (χ1v) is 8.69. The van der Waals surface area contributed by atoms with Crippen LogP contribution in [-0.4, -0.2) is 19.2 Å². The molecule has 2 aliphatic rings. The van der Waals surface area contributed by atoms with E-state index in [9.17, 15) is 4.79 Å². The first kappa shape index (κ1) is 16.9. The van der Waals surface area contributed by atoms with Crippen molar-refractivity contribution in [2.75, 3.05) is 13.4 Å². The average Bonchev–Trinajstić information content (AvgIpc) is 2.91. The second-order valence-corrected chi connectivity index (χ2v) is 6.52. The van der Waals surface area contributed by atoms with E-state index >= 15 is 0 Å². The van der Waals surface area contributed by atoms with Crippen LogP contribution in [0.4, 0.5) is 0 Å². The van der Waals surface area contributed by atoms with Crippen LogP contribution >= 0.6 is 11.6 Å². The largest absolute Gasteiger partial charge is 0.494 e. The first-order chi connectivity index (χ1) is 12.6. The van der Waals surface area contributed by atoms with Gasteiger partial charge >= 0.3 is 0 Å². The summed E-state index contributed by atoms with van der Waals surface area (Å²) in [5.74, 6) is 1.91. The van der Waals surface area contributed by atoms with Crippen LogP contribution in [0.25, 0.3) is 6.08 Å². The number of halogens is 1. The van der Waals surface area contributed by atoms with Crippen molar-refractivity contribution >= 4 is 23.5 Å². The van der Waals surface area contributed by atoms with E-state index in [1.165, 1.54) is 0 Å². The van der Waals surface area contributed by atoms with Crippen LogP contribution in [0.15, 0.2) is 30.0 Å². The highest BCUT2D eigenvalue weighted by molar-refractivity contribution is 6.31. The molecule has 2 heterocycles. The van der Waals surface area contributed by atoms with Gasteiger partial charge in [0.25, 0.3) is 0 Å². The van der Waals surface area contributed by atoms with Crippen LogP contribution in [0.1, 0.15) is 34.0 Å². The molecular weight excluding hydrogens is 356 g/mol. The Bertz CT molecular complexity index is 932. The Kier molecular flexibility index (Phi) is 4.34. The van der Waals surface area contributed by atoms with Crippen LogP contribution in [0.3, 0.4) is 0 Å². The summed E-state index contributed by atoms with van der Waals surface area (Å²) in [6.45, 7) is 4.90. The molecule has 0 amide bonds. The second kappa shape index (κ2) is 6.67. The zero-order valence-corrected chi connectivity index (χ0v) is 15.2. The van der Waals surface area contributed by atoms with Gasteiger partial charge in [0.05, 0.1) is 18.8 Å². The Hall–Kier alpha value is -2.50. The minimum atomic E-state index is -0.165. The summed E-state index contributed by atoms with van der Waals surface area (Å²) < 4.78 is 22.2. The highest BCUT2D eigenvalue weighted by Gasteiger charge is 2.30. The van der Waals surface area contributed by atoms with Crippen molar-refractivity contribution in [1.29, 1.82) is 0 Å². The Balaban J connectivity index is 1.75. The van der Waals surface area contributed by atoms with E-state index in [-0.39, 0.29) is 18.3 Å². The lowest BCUT2D eigenvalue weighted by Gasteiger charge is -2.20. The number of ketones is 1. The van der Waals surface area contributed by atoms with Gasteiger partial charge in [0, 0.05) is 22.2 Å². The third-order valence-corrected chi connectivity index (χ3v) is 4.46. The van der Waals surface area contributed by atoms with Crippen LogP contribution in [-0.2, 0) is 11.3 Å². The zero-order valence-electron chi connectivity index (χ0n) is 14.4. The van der Waals surface area contributed by atoms with Gasteiger partial charge < -0.3 is 18.9 Å². The fraction of sp³-hybridized carbons (Fsp3) is 0.250. The van der Waals surface area contributed by atoms with Crippen LogP contribution in [0.5, 0.6) is 17.2 Å². The molecule has 0 N–H and O–H groups in total. The SMILES string of the molecule is CCOc1cc(C)c2c(c1)O/C(=C\c1cc(Cl)cc3c1OCOC3)C2=O. The molecule has 2 aliphatic heterocycles. The second-order valence-electron chi connectivity index (χ2n) is 6.08. The molecule has 134 valence electrons. The Morgan fingerprint density at radius 1 is 1.27 bits per heavy atom. The van der Waals surface area contributed by atoms with Gasteiger partial charge in [0.15, 0.2) is 12.6 Å². The van der Waals surface area contributed by atoms with Crippen molar-refractivity contribution in [3.05, 3.63) is 57.3 Å². The lowest BCUT2D eigenvalue weighted by molar-refractivity contribution is -0.0165. The summed E-state index contributed by atoms with van der Waals surface area (Å²) in [5.41, 5.74) is 2.90. The molecule has 0 fully saturated rings. The van der Waals surface area contributed by atoms with Gasteiger partial charge in [-0.1, -0.05) is 11.6 Å². The highest BCUT2D eigenvalue weighted by atomic mass is 35.5. The molecule has 0 bridgehead atoms. The van der Waals surface area contributed by atoms with Crippen molar-refractivity contribution in [3.63, 3.8) is 0 Å². The van der Waals surface area contributed by atoms with Crippen LogP contribution < -0.4 is 14.2 Å². The van der Waals surface area contributed by atoms with E-state index in [0.717, 1.165) is 11.1 Å². The standard InChI is InChI=1S/C20H17ClO5/c1-3-24-15-4-11(2)18-16(8-15)26-17(19(18)22)7-12-5-14(21)6-13-9-23-10-25-20(12)13/h4-8H,3,9-10H2,1-2H3/b17-7-. The fourth-order valence-corrected chi connectivity index (χ4v) is 3.43. The molecule has 0 atom stereocenters. The van der Waals surface area contributed by atoms with Crippen LogP contribution in [0.2, 0.25) is 5.02 Å². The van der Waals surface area contributed by atoms with Crippen molar-refractivity contribution in [2.24, 2.45) is 0 Å². The molecule has 0 aromatic heterocycles. The third kappa shape index (κ3) is 2.93. The molecule has 6 heteroatoms. The molecule has 0 saturated carbocycles. The Labute approximate surface area is 156 Å². The maximum Gasteiger partial charge on any atom is 0.232 e. The van der Waals surface area contributed by atoms with Gasteiger partial charge in [-0.15, -0.1) is 0 Å². The van der Waals surface area contributed by atoms with E-state index < -0.39 is 0 Å². The highest BCUT2D eigenvalue weighted by Crippen LogP contribution is 2.39. The quantitative estimate of drug-likeness (QED) is 0.741. The summed E-state index contributed by atoms with van der Waals surface area (Å²) in [6.07, 6.45) is 1.66. The van der Waals surface area contributed by atoms with Gasteiger partial charge in [-0.25, -0.2) is 0 Å². The monoisotopic (exact) mass is 372 g/mol. The van der Waals surface area contributed by atoms with E-state index in [1.54, 1.807) is 24.3 Å². The molecule has 5 nitrogen and oxygen atoms in total. The molecule has 2 aromatic carbocycles. The van der Waals surface area contributed by atoms with Crippen molar-refractivity contribution in [1.82, 2.24) is 0 Å². The number of hydrogen-bond acceptors (Lipinski definition) is 5. The normalized spacial score (nSPS) is 16.7. The lowest BCUT2D eigenvalue weighted by Crippen LogP contribution is -2.12. The van der Waals surface area contributed by atoms with E-state index in [2.05, 4.69) is 0 Å². The number of hydrogen-bond donors (Lipinski definition) is 0. The van der Waals surface area contributed by atoms with Gasteiger partial charge in [0.2, 0.25) is 5.78 Å². The van der Waals surface area contributed by atoms with Gasteiger partial charge in [-0.3, -0.25) is 4.79 Å². The van der Waals surface area contributed by atoms with E-state index in [1.807, 2.05) is 19.9 Å². The smallest absolute Gasteiger partial charge is 0.232 e. The number of carbonyl (C=O) groups excluding carboxylic acids is 1. The summed E-state index contributed by atoms with van der Waals surface area (Å²) in [4.78, 5) is 12.8. The van der Waals surface area contributed by atoms with Crippen molar-refractivity contribution in [3.8, 4) is 17.2 Å². The molecule has 4 rings (SSSR count). The number of ether oxygens (including phenoxy) is 4. The molecule has 26 heavy (non-hydrogen) atoms. The predicted octanol–water partition coefficient (Wildman–Crippen LogP) is 4.53. The fourth-order valence-electron chi connectivity index (χ4n) is 3.18. The topological polar surface area (TPSA) is 54.0 Å². The summed E-state index contributed by atoms with van der Waals surface area (Å²) >= 11 is 6.19. The number of Topliss-reactive ketones (excluding diaryl/α,β-unsaturated/α-hetero) is 1. The first-order valence-electron chi connectivity index (χ1n) is 8.31. The maximum atomic E-state index is 12.8. The van der Waals surface area contributed by atoms with Gasteiger partial charge in [0.1, 0.15) is 17.2 Å². The number of fused-ring (bicyclic) bond motifs is 2. The minimum Gasteiger partial charge on any atom is -0.494 e. The average molecular weight is 373 g/mol. The summed E-state index contributed by atoms with van der Waals surface area (Å²) in [5, 5.41) is 0.544. The maximum absolute atomic E-state index is 12.8. The van der Waals surface area contributed by atoms with Gasteiger partial charge in [-0.05, 0) is 43.7 Å². The summed E-state index contributed by atoms with van der Waals surface area (Å²) in [6, 6.07) is 7.12. The number of benzene rings is 2. The third-order valence-electron chi connectivity index (χ3n) is 4.24. The Morgan fingerprint density at radius 2 is 2.12 bits per heavy atom. The minimum absolute atomic E-state index is 0.163. The lowest BCUT2D eigenvalue weighted by atomic mass is 10.0. The van der Waals surface area contributed by atoms with Gasteiger partial charge in [-0.2, -0.15) is 0 Å². The van der Waals surface area contributed by atoms with Crippen molar-refractivity contribution in [2.45, 2.75) is 20.5 Å². The van der Waals surface area contributed by atoms with E-state index in [0.29, 0.717) is 46.6 Å². The van der Waals surface area contributed by atoms with E-state index in [4.69, 9.17) is 30.5 Å². The number of aryl methyl sites for hydroxylation is 1. The molecule has 0 spiro atoms. The number of allylic oxidation sites excluding steroid dienone is 1. The van der Waals surface area contributed by atoms with Crippen molar-refractivity contribution < 1.29 is 23.7 Å². The Morgan fingerprint density at radius 3 is 2.92 bits per heavy atom. The number of carbonyl (C=O) groups is 1. The molecule has 0 saturated heterocycles. The molecule has 0 radical (unpaired) electrons. The number of rotatable bonds is 3. The predicted molar refractivity (Wildman–Crippen MR) is 97.0 cm³/mol. The molecular formula is C20H17ClO5.